The van der Waals surface area contributed by atoms with Crippen LogP contribution in [0.1, 0.15) is 35.2 Å². The van der Waals surface area contributed by atoms with Gasteiger partial charge in [-0.1, -0.05) is 30.3 Å². The molecule has 0 bridgehead atoms. The predicted molar refractivity (Wildman–Crippen MR) is 85.1 cm³/mol. The van der Waals surface area contributed by atoms with E-state index in [0.29, 0.717) is 12.0 Å². The van der Waals surface area contributed by atoms with Crippen molar-refractivity contribution in [2.45, 2.75) is 32.0 Å². The van der Waals surface area contributed by atoms with Crippen molar-refractivity contribution in [1.29, 1.82) is 0 Å². The van der Waals surface area contributed by atoms with Gasteiger partial charge in [-0.05, 0) is 42.7 Å². The number of benzene rings is 2. The summed E-state index contributed by atoms with van der Waals surface area (Å²) in [6.45, 7) is 0.762. The summed E-state index contributed by atoms with van der Waals surface area (Å²) in [6, 6.07) is 17.1. The molecule has 2 aromatic rings. The second-order valence-electron chi connectivity index (χ2n) is 5.52. The highest BCUT2D eigenvalue weighted by molar-refractivity contribution is 5.97. The monoisotopic (exact) mass is 296 g/mol. The highest BCUT2D eigenvalue weighted by Crippen LogP contribution is 2.20. The lowest BCUT2D eigenvalue weighted by Crippen LogP contribution is -2.24. The lowest BCUT2D eigenvalue weighted by atomic mass is 10.0. The summed E-state index contributed by atoms with van der Waals surface area (Å²) in [5, 5.41) is 0. The van der Waals surface area contributed by atoms with Crippen molar-refractivity contribution in [1.82, 2.24) is 0 Å². The van der Waals surface area contributed by atoms with Gasteiger partial charge in [0.05, 0.1) is 6.61 Å². The van der Waals surface area contributed by atoms with Crippen LogP contribution in [-0.2, 0) is 11.2 Å². The first kappa shape index (κ1) is 14.8. The number of Topliss-reactive ketones (excluding diaryl/α,β-unsaturated/α-hetero) is 1. The molecule has 0 saturated carbocycles. The van der Waals surface area contributed by atoms with Gasteiger partial charge in [0, 0.05) is 18.4 Å². The lowest BCUT2D eigenvalue weighted by Gasteiger charge is -2.23. The molecule has 1 saturated heterocycles. The Labute approximate surface area is 130 Å². The van der Waals surface area contributed by atoms with Crippen molar-refractivity contribution in [2.75, 3.05) is 6.61 Å². The molecule has 0 radical (unpaired) electrons. The predicted octanol–water partition coefficient (Wildman–Crippen LogP) is 4.02. The quantitative estimate of drug-likeness (QED) is 0.782. The Morgan fingerprint density at radius 2 is 1.82 bits per heavy atom. The Hall–Kier alpha value is -2.13. The summed E-state index contributed by atoms with van der Waals surface area (Å²) in [6.07, 6.45) is 3.44. The number of ether oxygens (including phenoxy) is 2. The van der Waals surface area contributed by atoms with E-state index in [-0.39, 0.29) is 12.1 Å². The summed E-state index contributed by atoms with van der Waals surface area (Å²) in [7, 11) is 0. The molecule has 3 heteroatoms. The van der Waals surface area contributed by atoms with E-state index in [0.717, 1.165) is 37.2 Å². The second kappa shape index (κ2) is 7.23. The third kappa shape index (κ3) is 3.95. The highest BCUT2D eigenvalue weighted by Gasteiger charge is 2.15. The van der Waals surface area contributed by atoms with Crippen LogP contribution in [0.2, 0.25) is 0 Å². The minimum absolute atomic E-state index is 0.117. The lowest BCUT2D eigenvalue weighted by molar-refractivity contribution is -0.105. The topological polar surface area (TPSA) is 35.5 Å². The van der Waals surface area contributed by atoms with Gasteiger partial charge in [-0.2, -0.15) is 0 Å². The normalized spacial score (nSPS) is 17.9. The molecule has 2 aromatic carbocycles. The van der Waals surface area contributed by atoms with E-state index in [9.17, 15) is 4.79 Å². The number of rotatable bonds is 5. The van der Waals surface area contributed by atoms with Gasteiger partial charge in [0.1, 0.15) is 5.75 Å². The third-order valence-corrected chi connectivity index (χ3v) is 3.79. The van der Waals surface area contributed by atoms with Crippen molar-refractivity contribution in [3.63, 3.8) is 0 Å². The highest BCUT2D eigenvalue weighted by atomic mass is 16.7. The molecule has 1 fully saturated rings. The van der Waals surface area contributed by atoms with E-state index in [1.807, 2.05) is 54.6 Å². The average Bonchev–Trinajstić information content (AvgIpc) is 2.57. The summed E-state index contributed by atoms with van der Waals surface area (Å²) in [5.41, 5.74) is 1.74. The summed E-state index contributed by atoms with van der Waals surface area (Å²) < 4.78 is 11.3. The average molecular weight is 296 g/mol. The number of hydrogen-bond acceptors (Lipinski definition) is 3. The molecule has 0 spiro atoms. The van der Waals surface area contributed by atoms with E-state index in [1.165, 1.54) is 0 Å². The first-order valence-corrected chi connectivity index (χ1v) is 7.77. The van der Waals surface area contributed by atoms with Gasteiger partial charge >= 0.3 is 0 Å². The van der Waals surface area contributed by atoms with Crippen LogP contribution in [0.5, 0.6) is 5.75 Å². The fraction of sp³-hybridized carbons (Fsp3) is 0.316. The van der Waals surface area contributed by atoms with Gasteiger partial charge in [-0.3, -0.25) is 4.79 Å². The van der Waals surface area contributed by atoms with Crippen LogP contribution < -0.4 is 4.74 Å². The molecule has 1 aliphatic rings. The van der Waals surface area contributed by atoms with Crippen LogP contribution in [0, 0.1) is 0 Å². The van der Waals surface area contributed by atoms with Crippen LogP contribution in [-0.4, -0.2) is 18.7 Å². The summed E-state index contributed by atoms with van der Waals surface area (Å²) in [5.74, 6) is 0.870. The van der Waals surface area contributed by atoms with Gasteiger partial charge in [0.2, 0.25) is 0 Å². The first-order chi connectivity index (χ1) is 10.8. The van der Waals surface area contributed by atoms with Crippen LogP contribution in [0.15, 0.2) is 54.6 Å². The van der Waals surface area contributed by atoms with Crippen molar-refractivity contribution < 1.29 is 14.3 Å². The zero-order valence-electron chi connectivity index (χ0n) is 12.5. The molecule has 0 N–H and O–H groups in total. The molecular formula is C19H20O3. The molecule has 3 rings (SSSR count). The van der Waals surface area contributed by atoms with Crippen molar-refractivity contribution in [3.8, 4) is 5.75 Å². The third-order valence-electron chi connectivity index (χ3n) is 3.79. The molecule has 114 valence electrons. The Bertz CT molecular complexity index is 598. The van der Waals surface area contributed by atoms with E-state index in [2.05, 4.69) is 0 Å². The minimum atomic E-state index is -0.153. The van der Waals surface area contributed by atoms with Crippen LogP contribution in [0.3, 0.4) is 0 Å². The molecule has 3 nitrogen and oxygen atoms in total. The molecule has 0 unspecified atom stereocenters. The molecule has 0 aromatic heterocycles. The largest absolute Gasteiger partial charge is 0.465 e. The van der Waals surface area contributed by atoms with Crippen molar-refractivity contribution >= 4 is 5.78 Å². The van der Waals surface area contributed by atoms with E-state index in [4.69, 9.17) is 9.47 Å². The fourth-order valence-corrected chi connectivity index (χ4v) is 2.56. The van der Waals surface area contributed by atoms with Gasteiger partial charge in [0.15, 0.2) is 12.1 Å². The molecule has 1 atom stereocenters. The van der Waals surface area contributed by atoms with Crippen molar-refractivity contribution in [2.24, 2.45) is 0 Å². The molecular weight excluding hydrogens is 276 g/mol. The maximum Gasteiger partial charge on any atom is 0.199 e. The minimum Gasteiger partial charge on any atom is -0.465 e. The number of carbonyl (C=O) groups excluding carboxylic acids is 1. The smallest absolute Gasteiger partial charge is 0.199 e. The maximum atomic E-state index is 12.2. The standard InChI is InChI=1S/C19H20O3/c20-18(14-15-6-2-1-3-7-15)16-9-11-17(12-10-16)22-19-8-4-5-13-21-19/h1-3,6-7,9-12,19H,4-5,8,13-14H2/t19-/m0/s1. The van der Waals surface area contributed by atoms with E-state index >= 15 is 0 Å². The number of hydrogen-bond donors (Lipinski definition) is 0. The van der Waals surface area contributed by atoms with Crippen LogP contribution >= 0.6 is 0 Å². The Morgan fingerprint density at radius 1 is 1.05 bits per heavy atom. The van der Waals surface area contributed by atoms with Crippen LogP contribution in [0.4, 0.5) is 0 Å². The Kier molecular flexibility index (Phi) is 4.86. The number of carbonyl (C=O) groups is 1. The van der Waals surface area contributed by atoms with Crippen LogP contribution in [0.25, 0.3) is 0 Å². The molecule has 1 heterocycles. The molecule has 22 heavy (non-hydrogen) atoms. The first-order valence-electron chi connectivity index (χ1n) is 7.77. The van der Waals surface area contributed by atoms with Gasteiger partial charge in [-0.15, -0.1) is 0 Å². The Balaban J connectivity index is 1.59. The van der Waals surface area contributed by atoms with Gasteiger partial charge < -0.3 is 9.47 Å². The zero-order chi connectivity index (χ0) is 15.2. The maximum absolute atomic E-state index is 12.2. The second-order valence-corrected chi connectivity index (χ2v) is 5.52. The molecule has 0 aliphatic carbocycles. The van der Waals surface area contributed by atoms with Gasteiger partial charge in [-0.25, -0.2) is 0 Å². The zero-order valence-corrected chi connectivity index (χ0v) is 12.5. The molecule has 1 aliphatic heterocycles. The SMILES string of the molecule is O=C(Cc1ccccc1)c1ccc(O[C@H]2CCCCO2)cc1. The van der Waals surface area contributed by atoms with E-state index < -0.39 is 0 Å². The van der Waals surface area contributed by atoms with Crippen molar-refractivity contribution in [3.05, 3.63) is 65.7 Å². The Morgan fingerprint density at radius 3 is 2.50 bits per heavy atom. The summed E-state index contributed by atoms with van der Waals surface area (Å²) in [4.78, 5) is 12.2. The number of ketones is 1. The molecule has 0 amide bonds. The van der Waals surface area contributed by atoms with E-state index in [1.54, 1.807) is 0 Å². The van der Waals surface area contributed by atoms with Gasteiger partial charge in [0.25, 0.3) is 0 Å². The fourth-order valence-electron chi connectivity index (χ4n) is 2.56. The summed E-state index contributed by atoms with van der Waals surface area (Å²) >= 11 is 0.